The second-order valence-corrected chi connectivity index (χ2v) is 4.82. The minimum atomic E-state index is -0.205. The van der Waals surface area contributed by atoms with Gasteiger partial charge in [-0.25, -0.2) is 4.39 Å². The summed E-state index contributed by atoms with van der Waals surface area (Å²) in [7, 11) is 0. The lowest BCUT2D eigenvalue weighted by molar-refractivity contribution is 0.0273. The number of rotatable bonds is 7. The lowest BCUT2D eigenvalue weighted by Crippen LogP contribution is -2.18. The first-order valence-electron chi connectivity index (χ1n) is 6.34. The first-order chi connectivity index (χ1) is 8.28. The third-order valence-corrected chi connectivity index (χ3v) is 3.16. The van der Waals surface area contributed by atoms with Gasteiger partial charge in [0, 0.05) is 0 Å². The largest absolute Gasteiger partial charge is 0.373 e. The Morgan fingerprint density at radius 1 is 1.41 bits per heavy atom. The van der Waals surface area contributed by atoms with Crippen molar-refractivity contribution in [2.75, 3.05) is 6.54 Å². The van der Waals surface area contributed by atoms with E-state index in [1.807, 2.05) is 6.07 Å². The van der Waals surface area contributed by atoms with Crippen LogP contribution in [0.25, 0.3) is 0 Å². The summed E-state index contributed by atoms with van der Waals surface area (Å²) >= 11 is 0. The zero-order valence-electron chi connectivity index (χ0n) is 10.1. The molecule has 3 heteroatoms. The zero-order chi connectivity index (χ0) is 12.1. The van der Waals surface area contributed by atoms with Gasteiger partial charge in [-0.1, -0.05) is 25.0 Å². The lowest BCUT2D eigenvalue weighted by Gasteiger charge is -2.17. The van der Waals surface area contributed by atoms with Crippen LogP contribution >= 0.6 is 0 Å². The predicted octanol–water partition coefficient (Wildman–Crippen LogP) is 2.86. The Balaban J connectivity index is 1.80. The SMILES string of the molecule is NCCC(CC1CC1)OCc1cccc(F)c1. The monoisotopic (exact) mass is 237 g/mol. The van der Waals surface area contributed by atoms with Crippen molar-refractivity contribution in [2.24, 2.45) is 11.7 Å². The maximum absolute atomic E-state index is 13.0. The predicted molar refractivity (Wildman–Crippen MR) is 66.0 cm³/mol. The Morgan fingerprint density at radius 2 is 2.24 bits per heavy atom. The zero-order valence-corrected chi connectivity index (χ0v) is 10.1. The van der Waals surface area contributed by atoms with Gasteiger partial charge in [0.25, 0.3) is 0 Å². The van der Waals surface area contributed by atoms with Crippen LogP contribution in [0.4, 0.5) is 4.39 Å². The second kappa shape index (κ2) is 6.12. The van der Waals surface area contributed by atoms with Gasteiger partial charge in [0.15, 0.2) is 0 Å². The van der Waals surface area contributed by atoms with Crippen LogP contribution in [0.3, 0.4) is 0 Å². The molecule has 1 aliphatic rings. The Labute approximate surface area is 102 Å². The summed E-state index contributed by atoms with van der Waals surface area (Å²) in [5.41, 5.74) is 6.47. The second-order valence-electron chi connectivity index (χ2n) is 4.82. The Kier molecular flexibility index (Phi) is 4.51. The summed E-state index contributed by atoms with van der Waals surface area (Å²) in [6.07, 6.45) is 4.88. The molecule has 1 aromatic carbocycles. The van der Waals surface area contributed by atoms with Crippen molar-refractivity contribution in [3.63, 3.8) is 0 Å². The normalized spacial score (nSPS) is 17.1. The number of hydrogen-bond acceptors (Lipinski definition) is 2. The molecule has 2 N–H and O–H groups in total. The van der Waals surface area contributed by atoms with E-state index in [9.17, 15) is 4.39 Å². The standard InChI is InChI=1S/C14H20FNO/c15-13-3-1-2-12(8-13)10-17-14(6-7-16)9-11-4-5-11/h1-3,8,11,14H,4-7,9-10,16H2. The van der Waals surface area contributed by atoms with E-state index < -0.39 is 0 Å². The van der Waals surface area contributed by atoms with Crippen LogP contribution in [0.5, 0.6) is 0 Å². The van der Waals surface area contributed by atoms with E-state index in [0.717, 1.165) is 24.3 Å². The third-order valence-electron chi connectivity index (χ3n) is 3.16. The van der Waals surface area contributed by atoms with Gasteiger partial charge in [0.2, 0.25) is 0 Å². The van der Waals surface area contributed by atoms with Crippen LogP contribution in [-0.4, -0.2) is 12.6 Å². The number of halogens is 1. The third kappa shape index (κ3) is 4.44. The minimum Gasteiger partial charge on any atom is -0.373 e. The Bertz CT molecular complexity index is 352. The highest BCUT2D eigenvalue weighted by molar-refractivity contribution is 5.15. The molecule has 2 rings (SSSR count). The average molecular weight is 237 g/mol. The molecular weight excluding hydrogens is 217 g/mol. The molecule has 0 aliphatic heterocycles. The number of ether oxygens (including phenoxy) is 1. The molecule has 0 saturated heterocycles. The molecule has 1 unspecified atom stereocenters. The number of nitrogens with two attached hydrogens (primary N) is 1. The summed E-state index contributed by atoms with van der Waals surface area (Å²) in [5.74, 6) is 0.628. The maximum Gasteiger partial charge on any atom is 0.123 e. The van der Waals surface area contributed by atoms with Crippen LogP contribution in [-0.2, 0) is 11.3 Å². The summed E-state index contributed by atoms with van der Waals surface area (Å²) in [6, 6.07) is 6.58. The molecule has 0 spiro atoms. The molecule has 94 valence electrons. The van der Waals surface area contributed by atoms with E-state index in [0.29, 0.717) is 13.2 Å². The van der Waals surface area contributed by atoms with Crippen molar-refractivity contribution in [1.29, 1.82) is 0 Å². The van der Waals surface area contributed by atoms with E-state index in [-0.39, 0.29) is 11.9 Å². The van der Waals surface area contributed by atoms with Gasteiger partial charge >= 0.3 is 0 Å². The fourth-order valence-corrected chi connectivity index (χ4v) is 2.02. The van der Waals surface area contributed by atoms with Gasteiger partial charge in [-0.2, -0.15) is 0 Å². The molecule has 1 aliphatic carbocycles. The number of hydrogen-bond donors (Lipinski definition) is 1. The molecule has 1 atom stereocenters. The molecule has 1 aromatic rings. The molecule has 0 heterocycles. The van der Waals surface area contributed by atoms with Crippen molar-refractivity contribution >= 4 is 0 Å². The highest BCUT2D eigenvalue weighted by atomic mass is 19.1. The Hall–Kier alpha value is -0.930. The van der Waals surface area contributed by atoms with Crippen LogP contribution in [0.1, 0.15) is 31.2 Å². The number of benzene rings is 1. The highest BCUT2D eigenvalue weighted by Gasteiger charge is 2.25. The first kappa shape index (κ1) is 12.5. The average Bonchev–Trinajstić information content (AvgIpc) is 3.10. The molecule has 0 radical (unpaired) electrons. The van der Waals surface area contributed by atoms with Crippen molar-refractivity contribution in [3.05, 3.63) is 35.6 Å². The van der Waals surface area contributed by atoms with Gasteiger partial charge in [-0.05, 0) is 43.0 Å². The van der Waals surface area contributed by atoms with Crippen LogP contribution in [0.15, 0.2) is 24.3 Å². The lowest BCUT2D eigenvalue weighted by atomic mass is 10.1. The van der Waals surface area contributed by atoms with Gasteiger partial charge < -0.3 is 10.5 Å². The van der Waals surface area contributed by atoms with E-state index in [1.54, 1.807) is 6.07 Å². The topological polar surface area (TPSA) is 35.2 Å². The van der Waals surface area contributed by atoms with Crippen LogP contribution in [0, 0.1) is 11.7 Å². The smallest absolute Gasteiger partial charge is 0.123 e. The molecule has 2 nitrogen and oxygen atoms in total. The summed E-state index contributed by atoms with van der Waals surface area (Å²) < 4.78 is 18.8. The van der Waals surface area contributed by atoms with Crippen molar-refractivity contribution in [1.82, 2.24) is 0 Å². The fourth-order valence-electron chi connectivity index (χ4n) is 2.02. The highest BCUT2D eigenvalue weighted by Crippen LogP contribution is 2.35. The van der Waals surface area contributed by atoms with Gasteiger partial charge in [0.1, 0.15) is 5.82 Å². The molecule has 1 saturated carbocycles. The molecule has 1 fully saturated rings. The minimum absolute atomic E-state index is 0.205. The molecule has 0 aromatic heterocycles. The summed E-state index contributed by atoms with van der Waals surface area (Å²) in [4.78, 5) is 0. The van der Waals surface area contributed by atoms with Crippen molar-refractivity contribution in [2.45, 2.75) is 38.4 Å². The molecule has 17 heavy (non-hydrogen) atoms. The molecule has 0 bridgehead atoms. The van der Waals surface area contributed by atoms with Crippen molar-refractivity contribution < 1.29 is 9.13 Å². The van der Waals surface area contributed by atoms with Crippen molar-refractivity contribution in [3.8, 4) is 0 Å². The fraction of sp³-hybridized carbons (Fsp3) is 0.571. The summed E-state index contributed by atoms with van der Waals surface area (Å²) in [6.45, 7) is 1.13. The van der Waals surface area contributed by atoms with Crippen LogP contribution in [0.2, 0.25) is 0 Å². The maximum atomic E-state index is 13.0. The first-order valence-corrected chi connectivity index (χ1v) is 6.34. The molecular formula is C14H20FNO. The molecule has 0 amide bonds. The summed E-state index contributed by atoms with van der Waals surface area (Å²) in [5, 5.41) is 0. The van der Waals surface area contributed by atoms with Crippen LogP contribution < -0.4 is 5.73 Å². The van der Waals surface area contributed by atoms with Gasteiger partial charge in [-0.3, -0.25) is 0 Å². The van der Waals surface area contributed by atoms with E-state index in [1.165, 1.54) is 25.0 Å². The van der Waals surface area contributed by atoms with Gasteiger partial charge in [0.05, 0.1) is 12.7 Å². The quantitative estimate of drug-likeness (QED) is 0.791. The van der Waals surface area contributed by atoms with Gasteiger partial charge in [-0.15, -0.1) is 0 Å². The Morgan fingerprint density at radius 3 is 2.88 bits per heavy atom. The van der Waals surface area contributed by atoms with E-state index in [2.05, 4.69) is 0 Å². The van der Waals surface area contributed by atoms with E-state index in [4.69, 9.17) is 10.5 Å². The van der Waals surface area contributed by atoms with E-state index >= 15 is 0 Å².